The Kier molecular flexibility index (Phi) is 5.39. The third-order valence-electron chi connectivity index (χ3n) is 3.94. The molecule has 0 amide bonds. The van der Waals surface area contributed by atoms with Crippen LogP contribution in [0.3, 0.4) is 0 Å². The normalized spacial score (nSPS) is 16.5. The SMILES string of the molecule is COC(=O)c1cc(F)ccc1NCC1CCCCCC1. The van der Waals surface area contributed by atoms with E-state index in [1.165, 1.54) is 57.8 Å². The fraction of sp³-hybridized carbons (Fsp3) is 0.562. The molecule has 0 heterocycles. The number of hydrogen-bond acceptors (Lipinski definition) is 3. The Morgan fingerprint density at radius 2 is 2.00 bits per heavy atom. The molecule has 1 N–H and O–H groups in total. The fourth-order valence-electron chi connectivity index (χ4n) is 2.77. The Bertz CT molecular complexity index is 454. The van der Waals surface area contributed by atoms with Crippen molar-refractivity contribution in [1.82, 2.24) is 0 Å². The van der Waals surface area contributed by atoms with Gasteiger partial charge in [0.15, 0.2) is 0 Å². The second-order valence-corrected chi connectivity index (χ2v) is 5.42. The number of halogens is 1. The largest absolute Gasteiger partial charge is 0.465 e. The molecule has 0 atom stereocenters. The molecule has 0 unspecified atom stereocenters. The van der Waals surface area contributed by atoms with Crippen molar-refractivity contribution in [2.45, 2.75) is 38.5 Å². The van der Waals surface area contributed by atoms with Crippen molar-refractivity contribution < 1.29 is 13.9 Å². The van der Waals surface area contributed by atoms with Gasteiger partial charge in [0.2, 0.25) is 0 Å². The minimum atomic E-state index is -0.507. The van der Waals surface area contributed by atoms with E-state index in [4.69, 9.17) is 4.74 Å². The lowest BCUT2D eigenvalue weighted by atomic mass is 10.00. The first-order chi connectivity index (χ1) is 9.70. The first kappa shape index (κ1) is 14.8. The fourth-order valence-corrected chi connectivity index (χ4v) is 2.77. The van der Waals surface area contributed by atoms with E-state index in [-0.39, 0.29) is 5.56 Å². The minimum Gasteiger partial charge on any atom is -0.465 e. The maximum Gasteiger partial charge on any atom is 0.340 e. The molecule has 1 aromatic carbocycles. The van der Waals surface area contributed by atoms with Gasteiger partial charge in [-0.3, -0.25) is 0 Å². The van der Waals surface area contributed by atoms with Gasteiger partial charge in [0.25, 0.3) is 0 Å². The molecule has 0 radical (unpaired) electrons. The van der Waals surface area contributed by atoms with E-state index in [1.807, 2.05) is 0 Å². The van der Waals surface area contributed by atoms with Crippen molar-refractivity contribution in [1.29, 1.82) is 0 Å². The lowest BCUT2D eigenvalue weighted by Crippen LogP contribution is -2.16. The number of carbonyl (C=O) groups is 1. The van der Waals surface area contributed by atoms with Crippen molar-refractivity contribution in [3.05, 3.63) is 29.6 Å². The molecule has 0 aliphatic heterocycles. The van der Waals surface area contributed by atoms with Gasteiger partial charge in [-0.1, -0.05) is 25.7 Å². The molecular weight excluding hydrogens is 257 g/mol. The molecule has 110 valence electrons. The Labute approximate surface area is 119 Å². The third kappa shape index (κ3) is 3.95. The highest BCUT2D eigenvalue weighted by molar-refractivity contribution is 5.95. The maximum absolute atomic E-state index is 13.3. The number of esters is 1. The Morgan fingerprint density at radius 3 is 2.65 bits per heavy atom. The van der Waals surface area contributed by atoms with Crippen LogP contribution < -0.4 is 5.32 Å². The van der Waals surface area contributed by atoms with Crippen molar-refractivity contribution in [2.24, 2.45) is 5.92 Å². The summed E-state index contributed by atoms with van der Waals surface area (Å²) in [6.07, 6.45) is 7.64. The highest BCUT2D eigenvalue weighted by Crippen LogP contribution is 2.24. The number of carbonyl (C=O) groups excluding carboxylic acids is 1. The van der Waals surface area contributed by atoms with Crippen molar-refractivity contribution >= 4 is 11.7 Å². The zero-order valence-electron chi connectivity index (χ0n) is 12.0. The summed E-state index contributed by atoms with van der Waals surface area (Å²) >= 11 is 0. The predicted octanol–water partition coefficient (Wildman–Crippen LogP) is 3.99. The number of hydrogen-bond donors (Lipinski definition) is 1. The smallest absolute Gasteiger partial charge is 0.340 e. The molecule has 4 heteroatoms. The van der Waals surface area contributed by atoms with Crippen LogP contribution in [0.5, 0.6) is 0 Å². The van der Waals surface area contributed by atoms with E-state index in [9.17, 15) is 9.18 Å². The van der Waals surface area contributed by atoms with E-state index in [0.717, 1.165) is 6.54 Å². The lowest BCUT2D eigenvalue weighted by molar-refractivity contribution is 0.0601. The maximum atomic E-state index is 13.3. The molecule has 1 aliphatic rings. The Morgan fingerprint density at radius 1 is 1.30 bits per heavy atom. The monoisotopic (exact) mass is 279 g/mol. The quantitative estimate of drug-likeness (QED) is 0.669. The molecular formula is C16H22FNO2. The van der Waals surface area contributed by atoms with E-state index < -0.39 is 11.8 Å². The molecule has 1 aromatic rings. The molecule has 2 rings (SSSR count). The van der Waals surface area contributed by atoms with Gasteiger partial charge in [0.1, 0.15) is 5.82 Å². The van der Waals surface area contributed by atoms with Crippen molar-refractivity contribution in [3.8, 4) is 0 Å². The molecule has 0 aromatic heterocycles. The third-order valence-corrected chi connectivity index (χ3v) is 3.94. The van der Waals surface area contributed by atoms with Crippen LogP contribution in [0.4, 0.5) is 10.1 Å². The first-order valence-corrected chi connectivity index (χ1v) is 7.32. The van der Waals surface area contributed by atoms with Crippen molar-refractivity contribution in [3.63, 3.8) is 0 Å². The van der Waals surface area contributed by atoms with Crippen molar-refractivity contribution in [2.75, 3.05) is 19.0 Å². The number of rotatable bonds is 4. The molecule has 1 saturated carbocycles. The van der Waals surface area contributed by atoms with Crippen LogP contribution in [0.25, 0.3) is 0 Å². The summed E-state index contributed by atoms with van der Waals surface area (Å²) in [5.74, 6) is -0.300. The second kappa shape index (κ2) is 7.27. The van der Waals surface area contributed by atoms with Gasteiger partial charge in [-0.05, 0) is 37.0 Å². The molecule has 3 nitrogen and oxygen atoms in total. The van der Waals surface area contributed by atoms with E-state index in [0.29, 0.717) is 11.6 Å². The van der Waals surface area contributed by atoms with E-state index in [1.54, 1.807) is 6.07 Å². The van der Waals surface area contributed by atoms with E-state index in [2.05, 4.69) is 5.32 Å². The molecule has 1 aliphatic carbocycles. The Balaban J connectivity index is 2.02. The average molecular weight is 279 g/mol. The number of anilines is 1. The average Bonchev–Trinajstić information content (AvgIpc) is 2.73. The molecule has 0 spiro atoms. The number of benzene rings is 1. The first-order valence-electron chi connectivity index (χ1n) is 7.32. The molecule has 20 heavy (non-hydrogen) atoms. The summed E-state index contributed by atoms with van der Waals surface area (Å²) in [6.45, 7) is 0.829. The zero-order valence-corrected chi connectivity index (χ0v) is 12.0. The van der Waals surface area contributed by atoms with Crippen LogP contribution in [0.15, 0.2) is 18.2 Å². The highest BCUT2D eigenvalue weighted by atomic mass is 19.1. The van der Waals surface area contributed by atoms with Crippen LogP contribution in [-0.4, -0.2) is 19.6 Å². The summed E-state index contributed by atoms with van der Waals surface area (Å²) in [5.41, 5.74) is 0.920. The lowest BCUT2D eigenvalue weighted by Gasteiger charge is -2.17. The second-order valence-electron chi connectivity index (χ2n) is 5.42. The summed E-state index contributed by atoms with van der Waals surface area (Å²) in [5, 5.41) is 3.29. The number of methoxy groups -OCH3 is 1. The summed E-state index contributed by atoms with van der Waals surface area (Å²) in [4.78, 5) is 11.7. The van der Waals surface area contributed by atoms with Gasteiger partial charge in [0.05, 0.1) is 12.7 Å². The van der Waals surface area contributed by atoms with Crippen LogP contribution in [0.2, 0.25) is 0 Å². The Hall–Kier alpha value is -1.58. The van der Waals surface area contributed by atoms with E-state index >= 15 is 0 Å². The van der Waals surface area contributed by atoms with Crippen LogP contribution in [-0.2, 0) is 4.74 Å². The van der Waals surface area contributed by atoms with Crippen LogP contribution in [0.1, 0.15) is 48.9 Å². The van der Waals surface area contributed by atoms with Gasteiger partial charge in [-0.15, -0.1) is 0 Å². The standard InChI is InChI=1S/C16H22FNO2/c1-20-16(19)14-10-13(17)8-9-15(14)18-11-12-6-4-2-3-5-7-12/h8-10,12,18H,2-7,11H2,1H3. The number of nitrogens with one attached hydrogen (secondary N) is 1. The predicted molar refractivity (Wildman–Crippen MR) is 77.4 cm³/mol. The van der Waals surface area contributed by atoms with Gasteiger partial charge in [0, 0.05) is 12.2 Å². The topological polar surface area (TPSA) is 38.3 Å². The molecule has 1 fully saturated rings. The zero-order chi connectivity index (χ0) is 14.4. The van der Waals surface area contributed by atoms with Crippen LogP contribution >= 0.6 is 0 Å². The molecule has 0 bridgehead atoms. The van der Waals surface area contributed by atoms with Gasteiger partial charge in [-0.2, -0.15) is 0 Å². The number of ether oxygens (including phenoxy) is 1. The van der Waals surface area contributed by atoms with Gasteiger partial charge in [-0.25, -0.2) is 9.18 Å². The summed E-state index contributed by atoms with van der Waals surface area (Å²) in [6, 6.07) is 4.20. The summed E-state index contributed by atoms with van der Waals surface area (Å²) in [7, 11) is 1.31. The highest BCUT2D eigenvalue weighted by Gasteiger charge is 2.16. The molecule has 0 saturated heterocycles. The van der Waals surface area contributed by atoms with Crippen LogP contribution in [0, 0.1) is 11.7 Å². The van der Waals surface area contributed by atoms with Gasteiger partial charge >= 0.3 is 5.97 Å². The van der Waals surface area contributed by atoms with Gasteiger partial charge < -0.3 is 10.1 Å². The minimum absolute atomic E-state index is 0.265. The summed E-state index contributed by atoms with van der Waals surface area (Å²) < 4.78 is 18.0.